The van der Waals surface area contributed by atoms with Gasteiger partial charge < -0.3 is 14.3 Å². The zero-order valence-electron chi connectivity index (χ0n) is 6.98. The molecule has 0 N–H and O–H groups in total. The van der Waals surface area contributed by atoms with Crippen molar-refractivity contribution in [3.05, 3.63) is 0 Å². The van der Waals surface area contributed by atoms with E-state index in [1.54, 1.807) is 13.0 Å². The second-order valence-electron chi connectivity index (χ2n) is 1.90. The lowest BCUT2D eigenvalue weighted by Crippen LogP contribution is -2.28. The highest BCUT2D eigenvalue weighted by atomic mass is 16.5. The van der Waals surface area contributed by atoms with Gasteiger partial charge in [0, 0.05) is 0 Å². The van der Waals surface area contributed by atoms with Crippen LogP contribution in [0.5, 0.6) is 0 Å². The molecule has 0 aromatic rings. The highest BCUT2D eigenvalue weighted by Crippen LogP contribution is 1.99. The molecule has 0 aromatic carbocycles. The number of terminal acetylenes is 1. The van der Waals surface area contributed by atoms with E-state index >= 15 is 0 Å². The molecular weight excluding hydrogens is 176 g/mol. The Labute approximate surface area is 75.0 Å². The monoisotopic (exact) mass is 184 g/mol. The van der Waals surface area contributed by atoms with Gasteiger partial charge >= 0.3 is 11.9 Å². The Kier molecular flexibility index (Phi) is 4.96. The smallest absolute Gasteiger partial charge is 0.341 e. The largest absolute Gasteiger partial charge is 0.465 e. The van der Waals surface area contributed by atoms with Gasteiger partial charge in [-0.05, 0) is 6.92 Å². The van der Waals surface area contributed by atoms with Gasteiger partial charge in [0.1, 0.15) is 12.4 Å². The SMILES string of the molecule is C#COC(=O)C(C=O)C(=O)OCC. The van der Waals surface area contributed by atoms with Crippen molar-refractivity contribution in [1.29, 1.82) is 0 Å². The third kappa shape index (κ3) is 3.38. The average Bonchev–Trinajstić information content (AvgIpc) is 2.06. The van der Waals surface area contributed by atoms with Crippen molar-refractivity contribution < 1.29 is 23.9 Å². The number of esters is 2. The summed E-state index contributed by atoms with van der Waals surface area (Å²) in [6.07, 6.45) is 6.32. The molecule has 0 saturated heterocycles. The van der Waals surface area contributed by atoms with E-state index in [4.69, 9.17) is 0 Å². The first-order chi connectivity index (χ1) is 6.17. The Morgan fingerprint density at radius 3 is 2.54 bits per heavy atom. The van der Waals surface area contributed by atoms with Crippen LogP contribution >= 0.6 is 0 Å². The minimum atomic E-state index is -1.59. The predicted molar refractivity (Wildman–Crippen MR) is 41.1 cm³/mol. The summed E-state index contributed by atoms with van der Waals surface area (Å²) in [5.74, 6) is -3.65. The molecule has 1 unspecified atom stereocenters. The topological polar surface area (TPSA) is 69.7 Å². The summed E-state index contributed by atoms with van der Waals surface area (Å²) >= 11 is 0. The molecule has 5 heteroatoms. The van der Waals surface area contributed by atoms with Crippen molar-refractivity contribution in [2.45, 2.75) is 6.92 Å². The number of ether oxygens (including phenoxy) is 2. The van der Waals surface area contributed by atoms with E-state index < -0.39 is 17.9 Å². The van der Waals surface area contributed by atoms with E-state index in [1.807, 2.05) is 0 Å². The molecule has 0 saturated carbocycles. The molecule has 0 aliphatic rings. The maximum atomic E-state index is 10.9. The lowest BCUT2D eigenvalue weighted by Gasteiger charge is -2.05. The Hall–Kier alpha value is -1.83. The fourth-order valence-electron chi connectivity index (χ4n) is 0.561. The standard InChI is InChI=1S/C8H8O5/c1-3-12-7(10)6(5-9)8(11)13-4-2/h1,5-6H,4H2,2H3. The van der Waals surface area contributed by atoms with E-state index in [0.717, 1.165) is 0 Å². The van der Waals surface area contributed by atoms with Crippen LogP contribution in [0.15, 0.2) is 0 Å². The Morgan fingerprint density at radius 2 is 2.15 bits per heavy atom. The molecule has 0 bridgehead atoms. The molecule has 0 amide bonds. The van der Waals surface area contributed by atoms with Gasteiger partial charge in [-0.25, -0.2) is 4.79 Å². The van der Waals surface area contributed by atoms with Crippen LogP contribution in [-0.2, 0) is 23.9 Å². The molecule has 5 nitrogen and oxygen atoms in total. The van der Waals surface area contributed by atoms with Gasteiger partial charge in [-0.2, -0.15) is 0 Å². The minimum Gasteiger partial charge on any atom is -0.465 e. The van der Waals surface area contributed by atoms with Gasteiger partial charge in [-0.1, -0.05) is 6.42 Å². The summed E-state index contributed by atoms with van der Waals surface area (Å²) in [6.45, 7) is 1.62. The van der Waals surface area contributed by atoms with Gasteiger partial charge in [0.25, 0.3) is 0 Å². The maximum absolute atomic E-state index is 10.9. The summed E-state index contributed by atoms with van der Waals surface area (Å²) in [6, 6.07) is 0. The van der Waals surface area contributed by atoms with Gasteiger partial charge in [-0.3, -0.25) is 4.79 Å². The lowest BCUT2D eigenvalue weighted by atomic mass is 10.2. The molecule has 13 heavy (non-hydrogen) atoms. The molecule has 0 fully saturated rings. The molecule has 1 atom stereocenters. The van der Waals surface area contributed by atoms with E-state index in [2.05, 4.69) is 15.9 Å². The molecule has 0 spiro atoms. The zero-order chi connectivity index (χ0) is 10.3. The molecule has 0 radical (unpaired) electrons. The first kappa shape index (κ1) is 11.2. The summed E-state index contributed by atoms with van der Waals surface area (Å²) < 4.78 is 8.44. The fourth-order valence-corrected chi connectivity index (χ4v) is 0.561. The van der Waals surface area contributed by atoms with Crippen molar-refractivity contribution in [2.24, 2.45) is 5.92 Å². The Bertz CT molecular complexity index is 250. The van der Waals surface area contributed by atoms with Crippen molar-refractivity contribution in [2.75, 3.05) is 6.61 Å². The molecule has 0 aliphatic carbocycles. The highest BCUT2D eigenvalue weighted by molar-refractivity contribution is 6.07. The van der Waals surface area contributed by atoms with Crippen LogP contribution in [0, 0.1) is 18.4 Å². The molecule has 0 heterocycles. The maximum Gasteiger partial charge on any atom is 0.341 e. The first-order valence-electron chi connectivity index (χ1n) is 3.45. The Balaban J connectivity index is 4.34. The van der Waals surface area contributed by atoms with E-state index in [1.165, 1.54) is 0 Å². The van der Waals surface area contributed by atoms with Gasteiger partial charge in [0.05, 0.1) is 6.61 Å². The average molecular weight is 184 g/mol. The first-order valence-corrected chi connectivity index (χ1v) is 3.45. The summed E-state index contributed by atoms with van der Waals surface area (Å²) in [7, 11) is 0. The summed E-state index contributed by atoms with van der Waals surface area (Å²) in [5.41, 5.74) is 0. The van der Waals surface area contributed by atoms with E-state index in [9.17, 15) is 14.4 Å². The molecule has 0 aromatic heterocycles. The molecule has 0 aliphatic heterocycles. The number of hydrogen-bond acceptors (Lipinski definition) is 5. The highest BCUT2D eigenvalue weighted by Gasteiger charge is 2.28. The third-order valence-electron chi connectivity index (χ3n) is 1.09. The quantitative estimate of drug-likeness (QED) is 0.255. The second-order valence-corrected chi connectivity index (χ2v) is 1.90. The minimum absolute atomic E-state index is 0.0759. The number of hydrogen-bond donors (Lipinski definition) is 0. The number of carbonyl (C=O) groups excluding carboxylic acids is 3. The Morgan fingerprint density at radius 1 is 1.54 bits per heavy atom. The van der Waals surface area contributed by atoms with Crippen LogP contribution in [0.1, 0.15) is 6.92 Å². The molecular formula is C8H8O5. The summed E-state index contributed by atoms with van der Waals surface area (Å²) in [5, 5.41) is 0. The molecule has 70 valence electrons. The number of rotatable bonds is 4. The van der Waals surface area contributed by atoms with Crippen molar-refractivity contribution in [3.63, 3.8) is 0 Å². The number of carbonyl (C=O) groups is 3. The number of aldehydes is 1. The fraction of sp³-hybridized carbons (Fsp3) is 0.375. The van der Waals surface area contributed by atoms with Gasteiger partial charge in [0.2, 0.25) is 5.92 Å². The lowest BCUT2D eigenvalue weighted by molar-refractivity contribution is -0.158. The van der Waals surface area contributed by atoms with Crippen molar-refractivity contribution in [1.82, 2.24) is 0 Å². The van der Waals surface area contributed by atoms with Crippen molar-refractivity contribution in [3.8, 4) is 12.5 Å². The normalized spacial score (nSPS) is 10.8. The van der Waals surface area contributed by atoms with Crippen LogP contribution in [0.25, 0.3) is 0 Å². The third-order valence-corrected chi connectivity index (χ3v) is 1.09. The molecule has 0 rings (SSSR count). The predicted octanol–water partition coefficient (Wildman–Crippen LogP) is -0.502. The van der Waals surface area contributed by atoms with Crippen LogP contribution in [-0.4, -0.2) is 24.8 Å². The summed E-state index contributed by atoms with van der Waals surface area (Å²) in [4.78, 5) is 31.9. The zero-order valence-corrected chi connectivity index (χ0v) is 6.98. The van der Waals surface area contributed by atoms with Crippen LogP contribution in [0.4, 0.5) is 0 Å². The van der Waals surface area contributed by atoms with Crippen LogP contribution < -0.4 is 0 Å². The second kappa shape index (κ2) is 5.77. The van der Waals surface area contributed by atoms with Crippen LogP contribution in [0.2, 0.25) is 0 Å². The van der Waals surface area contributed by atoms with Gasteiger partial charge in [-0.15, -0.1) is 0 Å². The van der Waals surface area contributed by atoms with Crippen molar-refractivity contribution >= 4 is 18.2 Å². The van der Waals surface area contributed by atoms with Crippen LogP contribution in [0.3, 0.4) is 0 Å². The van der Waals surface area contributed by atoms with E-state index in [-0.39, 0.29) is 12.9 Å². The van der Waals surface area contributed by atoms with E-state index in [0.29, 0.717) is 0 Å². The van der Waals surface area contributed by atoms with Gasteiger partial charge in [0.15, 0.2) is 0 Å².